The number of hydrogen-bond acceptors (Lipinski definition) is 3. The molecular weight excluding hydrogens is 372 g/mol. The molecular formula is C26H26N2S. The standard InChI is InChI=1S/C26H26N2S/c1-4-18-15-23(16-19(5-2)24(18)6-3)26-25(17-29-28-26)22-9-7-20(8-10-22)21-11-13-27-14-12-21/h7-17H,4-6H2,1-3H3. The average molecular weight is 399 g/mol. The third-order valence-electron chi connectivity index (χ3n) is 5.60. The van der Waals surface area contributed by atoms with Crippen molar-refractivity contribution in [3.8, 4) is 33.5 Å². The van der Waals surface area contributed by atoms with Gasteiger partial charge in [0.25, 0.3) is 0 Å². The fourth-order valence-corrected chi connectivity index (χ4v) is 4.77. The Morgan fingerprint density at radius 2 is 1.28 bits per heavy atom. The number of aryl methyl sites for hydroxylation is 2. The zero-order valence-electron chi connectivity index (χ0n) is 17.3. The molecule has 0 N–H and O–H groups in total. The zero-order valence-corrected chi connectivity index (χ0v) is 18.1. The van der Waals surface area contributed by atoms with Crippen molar-refractivity contribution in [1.82, 2.24) is 9.36 Å². The van der Waals surface area contributed by atoms with Gasteiger partial charge in [-0.05, 0) is 88.4 Å². The minimum atomic E-state index is 1.06. The summed E-state index contributed by atoms with van der Waals surface area (Å²) in [4.78, 5) is 4.11. The normalized spacial score (nSPS) is 11.0. The molecule has 0 unspecified atom stereocenters. The predicted molar refractivity (Wildman–Crippen MR) is 124 cm³/mol. The van der Waals surface area contributed by atoms with Gasteiger partial charge in [0.1, 0.15) is 0 Å². The lowest BCUT2D eigenvalue weighted by atomic mass is 9.90. The molecule has 0 atom stereocenters. The van der Waals surface area contributed by atoms with Crippen molar-refractivity contribution >= 4 is 11.5 Å². The monoisotopic (exact) mass is 398 g/mol. The maximum Gasteiger partial charge on any atom is 0.0919 e. The molecule has 4 rings (SSSR count). The van der Waals surface area contributed by atoms with Gasteiger partial charge in [-0.15, -0.1) is 0 Å². The molecule has 29 heavy (non-hydrogen) atoms. The molecule has 0 saturated heterocycles. The number of pyridine rings is 1. The number of aromatic nitrogens is 2. The lowest BCUT2D eigenvalue weighted by Gasteiger charge is -2.15. The second kappa shape index (κ2) is 8.71. The Kier molecular flexibility index (Phi) is 5.86. The van der Waals surface area contributed by atoms with Gasteiger partial charge in [-0.2, -0.15) is 4.37 Å². The van der Waals surface area contributed by atoms with Gasteiger partial charge in [0, 0.05) is 28.9 Å². The molecule has 0 aliphatic carbocycles. The van der Waals surface area contributed by atoms with Gasteiger partial charge in [-0.25, -0.2) is 0 Å². The van der Waals surface area contributed by atoms with Crippen molar-refractivity contribution in [3.63, 3.8) is 0 Å². The van der Waals surface area contributed by atoms with E-state index in [0.29, 0.717) is 0 Å². The minimum absolute atomic E-state index is 1.06. The molecule has 146 valence electrons. The molecule has 0 amide bonds. The summed E-state index contributed by atoms with van der Waals surface area (Å²) in [5, 5.41) is 2.17. The summed E-state index contributed by atoms with van der Waals surface area (Å²) in [7, 11) is 0. The highest BCUT2D eigenvalue weighted by Crippen LogP contribution is 2.36. The Bertz CT molecular complexity index is 1070. The van der Waals surface area contributed by atoms with Crippen LogP contribution in [-0.2, 0) is 19.3 Å². The van der Waals surface area contributed by atoms with E-state index in [4.69, 9.17) is 4.37 Å². The predicted octanol–water partition coefficient (Wildman–Crippen LogP) is 7.23. The highest BCUT2D eigenvalue weighted by Gasteiger charge is 2.15. The molecule has 2 aromatic heterocycles. The lowest BCUT2D eigenvalue weighted by Crippen LogP contribution is -1.99. The van der Waals surface area contributed by atoms with Gasteiger partial charge in [0.15, 0.2) is 0 Å². The van der Waals surface area contributed by atoms with Gasteiger partial charge in [0.05, 0.1) is 5.69 Å². The SMILES string of the molecule is CCc1cc(-c2nscc2-c2ccc(-c3ccncc3)cc2)cc(CC)c1CC. The fraction of sp³-hybridized carbons (Fsp3) is 0.231. The number of benzene rings is 2. The molecule has 2 heterocycles. The molecule has 0 spiro atoms. The van der Waals surface area contributed by atoms with Gasteiger partial charge in [-0.1, -0.05) is 45.0 Å². The third-order valence-corrected chi connectivity index (χ3v) is 6.23. The lowest BCUT2D eigenvalue weighted by molar-refractivity contribution is 0.982. The second-order valence-corrected chi connectivity index (χ2v) is 7.85. The van der Waals surface area contributed by atoms with Gasteiger partial charge < -0.3 is 0 Å². The maximum atomic E-state index is 4.78. The fourth-order valence-electron chi connectivity index (χ4n) is 4.06. The smallest absolute Gasteiger partial charge is 0.0919 e. The highest BCUT2D eigenvalue weighted by molar-refractivity contribution is 7.04. The first kappa shape index (κ1) is 19.5. The van der Waals surface area contributed by atoms with Crippen LogP contribution in [-0.4, -0.2) is 9.36 Å². The van der Waals surface area contributed by atoms with E-state index >= 15 is 0 Å². The highest BCUT2D eigenvalue weighted by atomic mass is 32.1. The largest absolute Gasteiger partial charge is 0.265 e. The van der Waals surface area contributed by atoms with E-state index in [1.54, 1.807) is 0 Å². The molecule has 0 radical (unpaired) electrons. The van der Waals surface area contributed by atoms with Crippen LogP contribution < -0.4 is 0 Å². The van der Waals surface area contributed by atoms with Gasteiger partial charge >= 0.3 is 0 Å². The van der Waals surface area contributed by atoms with Crippen molar-refractivity contribution in [2.24, 2.45) is 0 Å². The maximum absolute atomic E-state index is 4.78. The molecule has 0 bridgehead atoms. The first-order valence-corrected chi connectivity index (χ1v) is 11.2. The van der Waals surface area contributed by atoms with Gasteiger partial charge in [-0.3, -0.25) is 4.98 Å². The summed E-state index contributed by atoms with van der Waals surface area (Å²) in [5.41, 5.74) is 11.6. The zero-order chi connectivity index (χ0) is 20.2. The van der Waals surface area contributed by atoms with Crippen LogP contribution in [0.5, 0.6) is 0 Å². The van der Waals surface area contributed by atoms with Gasteiger partial charge in [0.2, 0.25) is 0 Å². The van der Waals surface area contributed by atoms with E-state index in [0.717, 1.165) is 25.0 Å². The summed E-state index contributed by atoms with van der Waals surface area (Å²) in [5.74, 6) is 0. The topological polar surface area (TPSA) is 25.8 Å². The molecule has 2 nitrogen and oxygen atoms in total. The van der Waals surface area contributed by atoms with Crippen LogP contribution in [0.15, 0.2) is 66.3 Å². The molecule has 0 saturated carbocycles. The Labute approximate surface area is 177 Å². The van der Waals surface area contributed by atoms with Crippen molar-refractivity contribution in [2.75, 3.05) is 0 Å². The van der Waals surface area contributed by atoms with Crippen molar-refractivity contribution in [3.05, 3.63) is 83.0 Å². The molecule has 3 heteroatoms. The van der Waals surface area contributed by atoms with E-state index in [1.807, 2.05) is 24.5 Å². The Morgan fingerprint density at radius 1 is 0.690 bits per heavy atom. The van der Waals surface area contributed by atoms with Crippen LogP contribution in [0.2, 0.25) is 0 Å². The third kappa shape index (κ3) is 3.88. The molecule has 0 aliphatic heterocycles. The first-order valence-electron chi connectivity index (χ1n) is 10.3. The average Bonchev–Trinajstić information content (AvgIpc) is 3.28. The van der Waals surface area contributed by atoms with Crippen molar-refractivity contribution < 1.29 is 0 Å². The molecule has 0 aliphatic rings. The second-order valence-electron chi connectivity index (χ2n) is 7.22. The summed E-state index contributed by atoms with van der Waals surface area (Å²) < 4.78 is 4.78. The summed E-state index contributed by atoms with van der Waals surface area (Å²) >= 11 is 1.54. The molecule has 2 aromatic carbocycles. The summed E-state index contributed by atoms with van der Waals surface area (Å²) in [6, 6.07) is 17.5. The van der Waals surface area contributed by atoms with Crippen LogP contribution in [0.3, 0.4) is 0 Å². The van der Waals surface area contributed by atoms with E-state index in [1.165, 1.54) is 56.0 Å². The van der Waals surface area contributed by atoms with E-state index < -0.39 is 0 Å². The van der Waals surface area contributed by atoms with Crippen LogP contribution in [0, 0.1) is 0 Å². The molecule has 4 aromatic rings. The number of hydrogen-bond donors (Lipinski definition) is 0. The van der Waals surface area contributed by atoms with E-state index in [-0.39, 0.29) is 0 Å². The quantitative estimate of drug-likeness (QED) is 0.342. The Balaban J connectivity index is 1.74. The van der Waals surface area contributed by atoms with Crippen molar-refractivity contribution in [1.29, 1.82) is 0 Å². The number of rotatable bonds is 6. The number of nitrogens with zero attached hydrogens (tertiary/aromatic N) is 2. The Morgan fingerprint density at radius 3 is 1.86 bits per heavy atom. The summed E-state index contributed by atoms with van der Waals surface area (Å²) in [6.45, 7) is 6.75. The molecule has 0 fully saturated rings. The van der Waals surface area contributed by atoms with E-state index in [2.05, 4.69) is 67.5 Å². The first-order chi connectivity index (χ1) is 14.2. The van der Waals surface area contributed by atoms with Crippen LogP contribution in [0.1, 0.15) is 37.5 Å². The van der Waals surface area contributed by atoms with Crippen LogP contribution in [0.25, 0.3) is 33.5 Å². The Hall–Kier alpha value is -2.78. The minimum Gasteiger partial charge on any atom is -0.265 e. The van der Waals surface area contributed by atoms with Crippen LogP contribution in [0.4, 0.5) is 0 Å². The summed E-state index contributed by atoms with van der Waals surface area (Å²) in [6.07, 6.45) is 6.88. The van der Waals surface area contributed by atoms with Crippen molar-refractivity contribution in [2.45, 2.75) is 40.0 Å². The van der Waals surface area contributed by atoms with Crippen LogP contribution >= 0.6 is 11.5 Å². The van der Waals surface area contributed by atoms with E-state index in [9.17, 15) is 0 Å².